The van der Waals surface area contributed by atoms with Crippen molar-refractivity contribution in [3.63, 3.8) is 0 Å². The Morgan fingerprint density at radius 1 is 1.19 bits per heavy atom. The predicted octanol–water partition coefficient (Wildman–Crippen LogP) is 2.47. The van der Waals surface area contributed by atoms with Crippen molar-refractivity contribution in [2.75, 3.05) is 13.1 Å². The fourth-order valence-electron chi connectivity index (χ4n) is 1.69. The van der Waals surface area contributed by atoms with Gasteiger partial charge in [-0.1, -0.05) is 43.6 Å². The molecular formula is C15H22ClN3O2. The Labute approximate surface area is 130 Å². The SMILES string of the molecule is CC(C)CNC(=O)NC(=O)CNC(C)c1ccccc1Cl. The number of urea groups is 1. The molecule has 0 bridgehead atoms. The molecule has 1 unspecified atom stereocenters. The van der Waals surface area contributed by atoms with Crippen LogP contribution in [0.25, 0.3) is 0 Å². The zero-order valence-electron chi connectivity index (χ0n) is 12.6. The largest absolute Gasteiger partial charge is 0.338 e. The van der Waals surface area contributed by atoms with Gasteiger partial charge in [0.05, 0.1) is 6.54 Å². The quantitative estimate of drug-likeness (QED) is 0.756. The van der Waals surface area contributed by atoms with E-state index >= 15 is 0 Å². The molecule has 3 amide bonds. The van der Waals surface area contributed by atoms with Crippen LogP contribution in [0.4, 0.5) is 4.79 Å². The van der Waals surface area contributed by atoms with Crippen LogP contribution in [0.3, 0.4) is 0 Å². The second kappa shape index (κ2) is 8.64. The summed E-state index contributed by atoms with van der Waals surface area (Å²) in [5, 5.41) is 8.57. The number of hydrogen-bond donors (Lipinski definition) is 3. The summed E-state index contributed by atoms with van der Waals surface area (Å²) in [5.74, 6) is -0.0422. The molecular weight excluding hydrogens is 290 g/mol. The molecule has 1 aromatic rings. The molecule has 0 aliphatic rings. The van der Waals surface area contributed by atoms with Crippen LogP contribution < -0.4 is 16.0 Å². The number of benzene rings is 1. The Kier molecular flexibility index (Phi) is 7.19. The maximum atomic E-state index is 11.7. The lowest BCUT2D eigenvalue weighted by molar-refractivity contribution is -0.119. The lowest BCUT2D eigenvalue weighted by Crippen LogP contribution is -2.44. The molecule has 5 nitrogen and oxygen atoms in total. The molecule has 1 atom stereocenters. The van der Waals surface area contributed by atoms with Crippen LogP contribution in [0, 0.1) is 5.92 Å². The van der Waals surface area contributed by atoms with Crippen LogP contribution in [-0.2, 0) is 4.79 Å². The highest BCUT2D eigenvalue weighted by Gasteiger charge is 2.12. The number of carbonyl (C=O) groups is 2. The first-order valence-corrected chi connectivity index (χ1v) is 7.33. The number of nitrogens with one attached hydrogen (secondary N) is 3. The Morgan fingerprint density at radius 2 is 1.86 bits per heavy atom. The summed E-state index contributed by atoms with van der Waals surface area (Å²) in [7, 11) is 0. The number of carbonyl (C=O) groups excluding carboxylic acids is 2. The zero-order valence-corrected chi connectivity index (χ0v) is 13.3. The highest BCUT2D eigenvalue weighted by molar-refractivity contribution is 6.31. The molecule has 1 aromatic carbocycles. The van der Waals surface area contributed by atoms with Crippen molar-refractivity contribution in [2.45, 2.75) is 26.8 Å². The van der Waals surface area contributed by atoms with E-state index < -0.39 is 6.03 Å². The third-order valence-electron chi connectivity index (χ3n) is 2.86. The van der Waals surface area contributed by atoms with Crippen molar-refractivity contribution in [1.29, 1.82) is 0 Å². The normalized spacial score (nSPS) is 12.0. The van der Waals surface area contributed by atoms with E-state index in [1.54, 1.807) is 6.07 Å². The van der Waals surface area contributed by atoms with Crippen molar-refractivity contribution in [1.82, 2.24) is 16.0 Å². The molecule has 0 spiro atoms. The Morgan fingerprint density at radius 3 is 2.48 bits per heavy atom. The third-order valence-corrected chi connectivity index (χ3v) is 3.21. The standard InChI is InChI=1S/C15H22ClN3O2/c1-10(2)8-18-15(21)19-14(20)9-17-11(3)12-6-4-5-7-13(12)16/h4-7,10-11,17H,8-9H2,1-3H3,(H2,18,19,20,21). The monoisotopic (exact) mass is 311 g/mol. The summed E-state index contributed by atoms with van der Waals surface area (Å²) in [4.78, 5) is 23.1. The van der Waals surface area contributed by atoms with Gasteiger partial charge in [0.2, 0.25) is 5.91 Å². The number of imide groups is 1. The van der Waals surface area contributed by atoms with Crippen LogP contribution in [0.2, 0.25) is 5.02 Å². The predicted molar refractivity (Wildman–Crippen MR) is 84.2 cm³/mol. The minimum absolute atomic E-state index is 0.0431. The van der Waals surface area contributed by atoms with Gasteiger partial charge in [0, 0.05) is 17.6 Å². The Bertz CT molecular complexity index is 492. The molecule has 6 heteroatoms. The first kappa shape index (κ1) is 17.5. The Balaban J connectivity index is 2.36. The molecule has 116 valence electrons. The van der Waals surface area contributed by atoms with E-state index in [1.807, 2.05) is 39.0 Å². The first-order valence-electron chi connectivity index (χ1n) is 6.95. The minimum Gasteiger partial charge on any atom is -0.338 e. The van der Waals surface area contributed by atoms with Crippen LogP contribution >= 0.6 is 11.6 Å². The number of hydrogen-bond acceptors (Lipinski definition) is 3. The van der Waals surface area contributed by atoms with E-state index in [2.05, 4.69) is 16.0 Å². The van der Waals surface area contributed by atoms with Crippen molar-refractivity contribution in [3.8, 4) is 0 Å². The van der Waals surface area contributed by atoms with Crippen molar-refractivity contribution < 1.29 is 9.59 Å². The average molecular weight is 312 g/mol. The minimum atomic E-state index is -0.471. The van der Waals surface area contributed by atoms with Gasteiger partial charge in [-0.25, -0.2) is 4.79 Å². The summed E-state index contributed by atoms with van der Waals surface area (Å²) in [6, 6.07) is 6.88. The van der Waals surface area contributed by atoms with E-state index in [0.29, 0.717) is 17.5 Å². The van der Waals surface area contributed by atoms with Gasteiger partial charge in [0.1, 0.15) is 0 Å². The molecule has 0 aliphatic heterocycles. The van der Waals surface area contributed by atoms with E-state index in [4.69, 9.17) is 11.6 Å². The second-order valence-electron chi connectivity index (χ2n) is 5.28. The van der Waals surface area contributed by atoms with Crippen molar-refractivity contribution in [2.24, 2.45) is 5.92 Å². The maximum Gasteiger partial charge on any atom is 0.321 e. The Hall–Kier alpha value is -1.59. The van der Waals surface area contributed by atoms with E-state index in [1.165, 1.54) is 0 Å². The maximum absolute atomic E-state index is 11.7. The van der Waals surface area contributed by atoms with E-state index in [9.17, 15) is 9.59 Å². The molecule has 0 saturated carbocycles. The summed E-state index contributed by atoms with van der Waals surface area (Å²) >= 11 is 6.08. The molecule has 21 heavy (non-hydrogen) atoms. The number of rotatable bonds is 6. The van der Waals surface area contributed by atoms with Gasteiger partial charge >= 0.3 is 6.03 Å². The molecule has 0 saturated heterocycles. The smallest absolute Gasteiger partial charge is 0.321 e. The highest BCUT2D eigenvalue weighted by atomic mass is 35.5. The molecule has 0 aliphatic carbocycles. The van der Waals surface area contributed by atoms with Crippen molar-refractivity contribution >= 4 is 23.5 Å². The topological polar surface area (TPSA) is 70.2 Å². The molecule has 1 rings (SSSR count). The second-order valence-corrected chi connectivity index (χ2v) is 5.68. The zero-order chi connectivity index (χ0) is 15.8. The summed E-state index contributed by atoms with van der Waals surface area (Å²) < 4.78 is 0. The van der Waals surface area contributed by atoms with Gasteiger partial charge in [-0.05, 0) is 24.5 Å². The molecule has 0 fully saturated rings. The van der Waals surface area contributed by atoms with Crippen LogP contribution in [0.5, 0.6) is 0 Å². The van der Waals surface area contributed by atoms with Gasteiger partial charge in [-0.2, -0.15) is 0 Å². The van der Waals surface area contributed by atoms with Crippen molar-refractivity contribution in [3.05, 3.63) is 34.9 Å². The van der Waals surface area contributed by atoms with Gasteiger partial charge in [0.15, 0.2) is 0 Å². The van der Waals surface area contributed by atoms with Crippen LogP contribution in [0.1, 0.15) is 32.4 Å². The summed E-state index contributed by atoms with van der Waals surface area (Å²) in [5.41, 5.74) is 0.913. The summed E-state index contributed by atoms with van der Waals surface area (Å²) in [6.45, 7) is 6.45. The fraction of sp³-hybridized carbons (Fsp3) is 0.467. The highest BCUT2D eigenvalue weighted by Crippen LogP contribution is 2.21. The average Bonchev–Trinajstić information content (AvgIpc) is 2.43. The first-order chi connectivity index (χ1) is 9.90. The lowest BCUT2D eigenvalue weighted by Gasteiger charge is -2.15. The summed E-state index contributed by atoms with van der Waals surface area (Å²) in [6.07, 6.45) is 0. The molecule has 0 aromatic heterocycles. The third kappa shape index (κ3) is 6.60. The lowest BCUT2D eigenvalue weighted by atomic mass is 10.1. The molecule has 0 heterocycles. The van der Waals surface area contributed by atoms with Crippen LogP contribution in [0.15, 0.2) is 24.3 Å². The van der Waals surface area contributed by atoms with Crippen LogP contribution in [-0.4, -0.2) is 25.0 Å². The van der Waals surface area contributed by atoms with Gasteiger partial charge < -0.3 is 10.6 Å². The van der Waals surface area contributed by atoms with Gasteiger partial charge in [-0.3, -0.25) is 10.1 Å². The van der Waals surface area contributed by atoms with E-state index in [0.717, 1.165) is 5.56 Å². The van der Waals surface area contributed by atoms with E-state index in [-0.39, 0.29) is 18.5 Å². The molecule has 0 radical (unpaired) electrons. The van der Waals surface area contributed by atoms with Gasteiger partial charge in [-0.15, -0.1) is 0 Å². The number of halogens is 1. The number of amides is 3. The fourth-order valence-corrected chi connectivity index (χ4v) is 1.99. The van der Waals surface area contributed by atoms with Gasteiger partial charge in [0.25, 0.3) is 0 Å². The molecule has 3 N–H and O–H groups in total.